The number of hydrogen-bond acceptors (Lipinski definition) is 3. The lowest BCUT2D eigenvalue weighted by Gasteiger charge is -2.06. The summed E-state index contributed by atoms with van der Waals surface area (Å²) in [6, 6.07) is 11.3. The standard InChI is InChI=1S/C18H19N3O2/c1-3-4-10-15-19-14-11-13(12-8-6-5-7-9-12)16(18(22)23)20-17(14)21(15)2/h5-9,11H,3-4,10H2,1-2H3,(H,22,23). The molecule has 5 nitrogen and oxygen atoms in total. The van der Waals surface area contributed by atoms with Crippen molar-refractivity contribution in [1.82, 2.24) is 14.5 Å². The maximum atomic E-state index is 11.6. The largest absolute Gasteiger partial charge is 0.476 e. The number of hydrogen-bond donors (Lipinski definition) is 1. The Kier molecular flexibility index (Phi) is 4.10. The monoisotopic (exact) mass is 309 g/mol. The fourth-order valence-electron chi connectivity index (χ4n) is 2.72. The van der Waals surface area contributed by atoms with Crippen LogP contribution in [0.15, 0.2) is 36.4 Å². The van der Waals surface area contributed by atoms with Gasteiger partial charge in [0.1, 0.15) is 11.3 Å². The normalized spacial score (nSPS) is 11.0. The van der Waals surface area contributed by atoms with Crippen LogP contribution in [-0.2, 0) is 13.5 Å². The number of pyridine rings is 1. The maximum absolute atomic E-state index is 11.6. The summed E-state index contributed by atoms with van der Waals surface area (Å²) in [6.45, 7) is 2.14. The smallest absolute Gasteiger partial charge is 0.355 e. The Balaban J connectivity index is 2.20. The quantitative estimate of drug-likeness (QED) is 0.780. The van der Waals surface area contributed by atoms with E-state index in [0.717, 1.165) is 36.2 Å². The van der Waals surface area contributed by atoms with Gasteiger partial charge in [-0.05, 0) is 18.1 Å². The van der Waals surface area contributed by atoms with Gasteiger partial charge in [-0.25, -0.2) is 14.8 Å². The zero-order valence-corrected chi connectivity index (χ0v) is 13.3. The minimum atomic E-state index is -1.03. The van der Waals surface area contributed by atoms with Gasteiger partial charge in [0.15, 0.2) is 11.3 Å². The van der Waals surface area contributed by atoms with Gasteiger partial charge in [-0.1, -0.05) is 43.7 Å². The molecule has 2 aromatic heterocycles. The van der Waals surface area contributed by atoms with Gasteiger partial charge in [0.05, 0.1) is 0 Å². The number of rotatable bonds is 5. The first-order chi connectivity index (χ1) is 11.1. The van der Waals surface area contributed by atoms with E-state index in [9.17, 15) is 9.90 Å². The summed E-state index contributed by atoms with van der Waals surface area (Å²) in [5.41, 5.74) is 2.86. The van der Waals surface area contributed by atoms with Crippen LogP contribution in [0.2, 0.25) is 0 Å². The Morgan fingerprint density at radius 2 is 1.96 bits per heavy atom. The van der Waals surface area contributed by atoms with Crippen LogP contribution >= 0.6 is 0 Å². The van der Waals surface area contributed by atoms with E-state index < -0.39 is 5.97 Å². The summed E-state index contributed by atoms with van der Waals surface area (Å²) in [7, 11) is 1.89. The number of fused-ring (bicyclic) bond motifs is 1. The van der Waals surface area contributed by atoms with Crippen LogP contribution in [0.3, 0.4) is 0 Å². The molecular formula is C18H19N3O2. The topological polar surface area (TPSA) is 68.0 Å². The van der Waals surface area contributed by atoms with Gasteiger partial charge in [-0.15, -0.1) is 0 Å². The zero-order valence-electron chi connectivity index (χ0n) is 13.3. The lowest BCUT2D eigenvalue weighted by Crippen LogP contribution is -2.05. The molecule has 23 heavy (non-hydrogen) atoms. The number of carboxylic acids is 1. The molecule has 0 fully saturated rings. The average molecular weight is 309 g/mol. The minimum Gasteiger partial charge on any atom is -0.476 e. The Morgan fingerprint density at radius 1 is 1.22 bits per heavy atom. The van der Waals surface area contributed by atoms with Crippen LogP contribution in [0.1, 0.15) is 36.1 Å². The molecule has 0 aliphatic rings. The van der Waals surface area contributed by atoms with Crippen molar-refractivity contribution in [3.63, 3.8) is 0 Å². The first kappa shape index (κ1) is 15.2. The van der Waals surface area contributed by atoms with Crippen molar-refractivity contribution >= 4 is 17.1 Å². The van der Waals surface area contributed by atoms with Gasteiger partial charge in [0.25, 0.3) is 0 Å². The summed E-state index contributed by atoms with van der Waals surface area (Å²) >= 11 is 0. The van der Waals surface area contributed by atoms with E-state index in [2.05, 4.69) is 16.9 Å². The number of aryl methyl sites for hydroxylation is 2. The summed E-state index contributed by atoms with van der Waals surface area (Å²) < 4.78 is 1.90. The van der Waals surface area contributed by atoms with E-state index in [1.54, 1.807) is 0 Å². The first-order valence-corrected chi connectivity index (χ1v) is 7.77. The second-order valence-electron chi connectivity index (χ2n) is 5.59. The lowest BCUT2D eigenvalue weighted by atomic mass is 10.0. The molecule has 0 aliphatic heterocycles. The highest BCUT2D eigenvalue weighted by atomic mass is 16.4. The van der Waals surface area contributed by atoms with E-state index in [0.29, 0.717) is 11.2 Å². The van der Waals surface area contributed by atoms with Crippen LogP contribution < -0.4 is 0 Å². The number of carboxylic acid groups (broad SMARTS) is 1. The van der Waals surface area contributed by atoms with Gasteiger partial charge in [-0.3, -0.25) is 0 Å². The third-order valence-electron chi connectivity index (χ3n) is 3.98. The summed E-state index contributed by atoms with van der Waals surface area (Å²) in [5, 5.41) is 9.53. The fourth-order valence-corrected chi connectivity index (χ4v) is 2.72. The van der Waals surface area contributed by atoms with Crippen molar-refractivity contribution < 1.29 is 9.90 Å². The maximum Gasteiger partial charge on any atom is 0.355 e. The highest BCUT2D eigenvalue weighted by molar-refractivity contribution is 5.97. The Labute approximate surface area is 134 Å². The molecule has 0 spiro atoms. The van der Waals surface area contributed by atoms with E-state index >= 15 is 0 Å². The van der Waals surface area contributed by atoms with Gasteiger partial charge >= 0.3 is 5.97 Å². The molecule has 2 heterocycles. The number of aromatic nitrogens is 3. The van der Waals surface area contributed by atoms with Crippen molar-refractivity contribution in [1.29, 1.82) is 0 Å². The van der Waals surface area contributed by atoms with E-state index in [-0.39, 0.29) is 5.69 Å². The predicted octanol–water partition coefficient (Wildman–Crippen LogP) is 3.68. The van der Waals surface area contributed by atoms with Crippen LogP contribution in [0.5, 0.6) is 0 Å². The molecule has 0 atom stereocenters. The van der Waals surface area contributed by atoms with E-state index in [1.165, 1.54) is 0 Å². The second-order valence-corrected chi connectivity index (χ2v) is 5.59. The molecule has 0 amide bonds. The third kappa shape index (κ3) is 2.82. The van der Waals surface area contributed by atoms with Crippen molar-refractivity contribution in [3.05, 3.63) is 47.9 Å². The summed E-state index contributed by atoms with van der Waals surface area (Å²) in [4.78, 5) is 20.7. The summed E-state index contributed by atoms with van der Waals surface area (Å²) in [6.07, 6.45) is 3.01. The minimum absolute atomic E-state index is 0.0636. The van der Waals surface area contributed by atoms with E-state index in [1.807, 2.05) is 48.0 Å². The molecule has 0 aliphatic carbocycles. The fraction of sp³-hybridized carbons (Fsp3) is 0.278. The Bertz CT molecular complexity index is 854. The molecule has 1 N–H and O–H groups in total. The van der Waals surface area contributed by atoms with Crippen molar-refractivity contribution in [2.75, 3.05) is 0 Å². The second kappa shape index (κ2) is 6.20. The average Bonchev–Trinajstić information content (AvgIpc) is 2.88. The van der Waals surface area contributed by atoms with Crippen molar-refractivity contribution in [2.24, 2.45) is 7.05 Å². The van der Waals surface area contributed by atoms with E-state index in [4.69, 9.17) is 0 Å². The molecular weight excluding hydrogens is 290 g/mol. The highest BCUT2D eigenvalue weighted by Gasteiger charge is 2.18. The number of aromatic carboxylic acids is 1. The number of unbranched alkanes of at least 4 members (excludes halogenated alkanes) is 1. The third-order valence-corrected chi connectivity index (χ3v) is 3.98. The Hall–Kier alpha value is -2.69. The molecule has 0 unspecified atom stereocenters. The number of nitrogens with zero attached hydrogens (tertiary/aromatic N) is 3. The molecule has 3 rings (SSSR count). The number of imidazole rings is 1. The van der Waals surface area contributed by atoms with Crippen molar-refractivity contribution in [2.45, 2.75) is 26.2 Å². The van der Waals surface area contributed by atoms with Gasteiger partial charge in [0, 0.05) is 19.0 Å². The number of carbonyl (C=O) groups is 1. The zero-order chi connectivity index (χ0) is 16.4. The van der Waals surface area contributed by atoms with Gasteiger partial charge in [0.2, 0.25) is 0 Å². The highest BCUT2D eigenvalue weighted by Crippen LogP contribution is 2.27. The molecule has 0 saturated heterocycles. The Morgan fingerprint density at radius 3 is 2.61 bits per heavy atom. The van der Waals surface area contributed by atoms with Gasteiger partial charge in [-0.2, -0.15) is 0 Å². The molecule has 118 valence electrons. The van der Waals surface area contributed by atoms with Crippen LogP contribution in [0.25, 0.3) is 22.3 Å². The molecule has 5 heteroatoms. The SMILES string of the molecule is CCCCc1nc2cc(-c3ccccc3)c(C(=O)O)nc2n1C. The molecule has 0 radical (unpaired) electrons. The predicted molar refractivity (Wildman–Crippen MR) is 89.5 cm³/mol. The molecule has 0 bridgehead atoms. The van der Waals surface area contributed by atoms with Crippen LogP contribution in [0, 0.1) is 0 Å². The van der Waals surface area contributed by atoms with Crippen LogP contribution in [-0.4, -0.2) is 25.6 Å². The number of benzene rings is 1. The molecule has 1 aromatic carbocycles. The van der Waals surface area contributed by atoms with Crippen LogP contribution in [0.4, 0.5) is 0 Å². The summed E-state index contributed by atoms with van der Waals surface area (Å²) in [5.74, 6) is -0.0852. The lowest BCUT2D eigenvalue weighted by molar-refractivity contribution is 0.0692. The first-order valence-electron chi connectivity index (χ1n) is 7.77. The van der Waals surface area contributed by atoms with Gasteiger partial charge < -0.3 is 9.67 Å². The molecule has 0 saturated carbocycles. The van der Waals surface area contributed by atoms with Crippen molar-refractivity contribution in [3.8, 4) is 11.1 Å². The molecule has 3 aromatic rings.